The number of amides is 1. The van der Waals surface area contributed by atoms with Crippen LogP contribution in [0.1, 0.15) is 12.8 Å². The van der Waals surface area contributed by atoms with Gasteiger partial charge in [0.2, 0.25) is 0 Å². The topological polar surface area (TPSA) is 55.6 Å². The number of carbonyl (C=O) groups excluding carboxylic acids is 1. The number of benzene rings is 1. The minimum Gasteiger partial charge on any atom is -0.368 e. The van der Waals surface area contributed by atoms with Crippen LogP contribution < -0.4 is 5.32 Å². The van der Waals surface area contributed by atoms with Crippen LogP contribution in [0.15, 0.2) is 42.0 Å². The normalized spacial score (nSPS) is 17.9. The summed E-state index contributed by atoms with van der Waals surface area (Å²) in [6, 6.07) is 7.74. The van der Waals surface area contributed by atoms with Gasteiger partial charge in [-0.15, -0.1) is 11.3 Å². The molecule has 1 saturated heterocycles. The Morgan fingerprint density at radius 1 is 1.36 bits per heavy atom. The summed E-state index contributed by atoms with van der Waals surface area (Å²) in [6.45, 7) is 0.675. The first-order valence-electron chi connectivity index (χ1n) is 7.25. The van der Waals surface area contributed by atoms with Crippen LogP contribution in [0.25, 0.3) is 16.2 Å². The van der Waals surface area contributed by atoms with Gasteiger partial charge in [-0.25, -0.2) is 4.98 Å². The maximum Gasteiger partial charge on any atom is 0.253 e. The Kier molecular flexibility index (Phi) is 3.40. The third kappa shape index (κ3) is 2.51. The van der Waals surface area contributed by atoms with Gasteiger partial charge in [-0.05, 0) is 25.0 Å². The number of aromatic nitrogens is 2. The van der Waals surface area contributed by atoms with Crippen molar-refractivity contribution < 1.29 is 9.53 Å². The number of fused-ring (bicyclic) bond motifs is 1. The molecule has 3 aromatic rings. The molecule has 6 heteroatoms. The first-order chi connectivity index (χ1) is 10.8. The lowest BCUT2D eigenvalue weighted by atomic mass is 10.1. The van der Waals surface area contributed by atoms with Gasteiger partial charge in [0, 0.05) is 35.6 Å². The van der Waals surface area contributed by atoms with E-state index in [1.807, 2.05) is 46.4 Å². The summed E-state index contributed by atoms with van der Waals surface area (Å²) in [6.07, 6.45) is 5.45. The van der Waals surface area contributed by atoms with E-state index >= 15 is 0 Å². The molecule has 4 rings (SSSR count). The Bertz CT molecular complexity index is 772. The van der Waals surface area contributed by atoms with Gasteiger partial charge in [-0.2, -0.15) is 0 Å². The van der Waals surface area contributed by atoms with E-state index in [1.54, 1.807) is 11.3 Å². The Labute approximate surface area is 131 Å². The largest absolute Gasteiger partial charge is 0.368 e. The van der Waals surface area contributed by atoms with Crippen molar-refractivity contribution in [1.29, 1.82) is 0 Å². The van der Waals surface area contributed by atoms with Crippen LogP contribution in [0.3, 0.4) is 0 Å². The lowest BCUT2D eigenvalue weighted by Gasteiger charge is -2.10. The molecule has 1 aliphatic rings. The highest BCUT2D eigenvalue weighted by Gasteiger charge is 2.23. The van der Waals surface area contributed by atoms with Gasteiger partial charge < -0.3 is 10.1 Å². The number of nitrogens with one attached hydrogen (secondary N) is 1. The number of rotatable bonds is 3. The second-order valence-electron chi connectivity index (χ2n) is 5.29. The molecule has 0 spiro atoms. The summed E-state index contributed by atoms with van der Waals surface area (Å²) in [4.78, 5) is 17.6. The highest BCUT2D eigenvalue weighted by atomic mass is 32.1. The molecular formula is C16H15N3O2S. The first kappa shape index (κ1) is 13.5. The van der Waals surface area contributed by atoms with Gasteiger partial charge in [-0.3, -0.25) is 9.20 Å². The summed E-state index contributed by atoms with van der Waals surface area (Å²) in [5.74, 6) is -0.0623. The van der Waals surface area contributed by atoms with E-state index < -0.39 is 0 Å². The molecule has 1 atom stereocenters. The molecule has 2 aromatic heterocycles. The molecule has 22 heavy (non-hydrogen) atoms. The van der Waals surface area contributed by atoms with Crippen LogP contribution in [0.2, 0.25) is 0 Å². The smallest absolute Gasteiger partial charge is 0.253 e. The molecule has 1 N–H and O–H groups in total. The summed E-state index contributed by atoms with van der Waals surface area (Å²) >= 11 is 1.61. The Hall–Kier alpha value is -2.18. The second-order valence-corrected chi connectivity index (χ2v) is 6.16. The van der Waals surface area contributed by atoms with Crippen LogP contribution in [-0.2, 0) is 9.53 Å². The van der Waals surface area contributed by atoms with E-state index in [2.05, 4.69) is 10.3 Å². The van der Waals surface area contributed by atoms with Crippen molar-refractivity contribution in [1.82, 2.24) is 9.38 Å². The number of imidazole rings is 1. The predicted octanol–water partition coefficient (Wildman–Crippen LogP) is 3.18. The molecule has 0 aliphatic carbocycles. The molecule has 0 radical (unpaired) electrons. The number of thiazole rings is 1. The van der Waals surface area contributed by atoms with E-state index in [1.165, 1.54) is 0 Å². The van der Waals surface area contributed by atoms with Crippen molar-refractivity contribution in [3.63, 3.8) is 0 Å². The molecular weight excluding hydrogens is 298 g/mol. The molecule has 1 amide bonds. The zero-order valence-corrected chi connectivity index (χ0v) is 12.7. The van der Waals surface area contributed by atoms with Gasteiger partial charge >= 0.3 is 0 Å². The monoisotopic (exact) mass is 313 g/mol. The number of anilines is 1. The standard InChI is InChI=1S/C16H15N3O2S/c20-15(14-2-1-8-21-14)17-12-5-3-11(4-6-12)13-10-19-7-9-22-16(19)18-13/h3-7,9-10,14H,1-2,8H2,(H,17,20). The van der Waals surface area contributed by atoms with E-state index in [-0.39, 0.29) is 12.0 Å². The quantitative estimate of drug-likeness (QED) is 0.808. The average molecular weight is 313 g/mol. The van der Waals surface area contributed by atoms with Gasteiger partial charge in [0.05, 0.1) is 5.69 Å². The van der Waals surface area contributed by atoms with Crippen LogP contribution in [0.4, 0.5) is 5.69 Å². The van der Waals surface area contributed by atoms with Crippen LogP contribution in [0.5, 0.6) is 0 Å². The number of nitrogens with zero attached hydrogens (tertiary/aromatic N) is 2. The summed E-state index contributed by atoms with van der Waals surface area (Å²) in [5.41, 5.74) is 2.75. The van der Waals surface area contributed by atoms with Gasteiger partial charge in [0.1, 0.15) is 6.10 Å². The molecule has 112 valence electrons. The summed E-state index contributed by atoms with van der Waals surface area (Å²) < 4.78 is 7.39. The summed E-state index contributed by atoms with van der Waals surface area (Å²) in [7, 11) is 0. The zero-order valence-electron chi connectivity index (χ0n) is 11.9. The Morgan fingerprint density at radius 3 is 2.95 bits per heavy atom. The second kappa shape index (κ2) is 5.55. The Morgan fingerprint density at radius 2 is 2.23 bits per heavy atom. The average Bonchev–Trinajstić information content (AvgIpc) is 3.24. The fourth-order valence-corrected chi connectivity index (χ4v) is 3.30. The van der Waals surface area contributed by atoms with Crippen molar-refractivity contribution in [2.75, 3.05) is 11.9 Å². The number of carbonyl (C=O) groups is 1. The van der Waals surface area contributed by atoms with E-state index in [9.17, 15) is 4.79 Å². The predicted molar refractivity (Wildman–Crippen MR) is 86.1 cm³/mol. The van der Waals surface area contributed by atoms with Crippen molar-refractivity contribution >= 4 is 27.9 Å². The first-order valence-corrected chi connectivity index (χ1v) is 8.13. The van der Waals surface area contributed by atoms with Crippen LogP contribution in [0, 0.1) is 0 Å². The molecule has 0 bridgehead atoms. The maximum absolute atomic E-state index is 12.0. The maximum atomic E-state index is 12.0. The van der Waals surface area contributed by atoms with E-state index in [0.29, 0.717) is 6.61 Å². The van der Waals surface area contributed by atoms with Crippen molar-refractivity contribution in [2.24, 2.45) is 0 Å². The Balaban J connectivity index is 1.50. The summed E-state index contributed by atoms with van der Waals surface area (Å²) in [5, 5.41) is 4.91. The van der Waals surface area contributed by atoms with Gasteiger partial charge in [-0.1, -0.05) is 12.1 Å². The van der Waals surface area contributed by atoms with E-state index in [0.717, 1.165) is 34.7 Å². The third-order valence-electron chi connectivity index (χ3n) is 3.76. The number of hydrogen-bond donors (Lipinski definition) is 1. The lowest BCUT2D eigenvalue weighted by Crippen LogP contribution is -2.26. The minimum absolute atomic E-state index is 0.0623. The van der Waals surface area contributed by atoms with Crippen molar-refractivity contribution in [3.05, 3.63) is 42.0 Å². The van der Waals surface area contributed by atoms with Crippen molar-refractivity contribution in [2.45, 2.75) is 18.9 Å². The highest BCUT2D eigenvalue weighted by Crippen LogP contribution is 2.23. The number of ether oxygens (including phenoxy) is 1. The van der Waals surface area contributed by atoms with Crippen LogP contribution >= 0.6 is 11.3 Å². The SMILES string of the molecule is O=C(Nc1ccc(-c2cn3ccsc3n2)cc1)C1CCCO1. The van der Waals surface area contributed by atoms with Gasteiger partial charge in [0.25, 0.3) is 5.91 Å². The fraction of sp³-hybridized carbons (Fsp3) is 0.250. The third-order valence-corrected chi connectivity index (χ3v) is 4.53. The molecule has 1 aliphatic heterocycles. The van der Waals surface area contributed by atoms with E-state index in [4.69, 9.17) is 4.74 Å². The fourth-order valence-electron chi connectivity index (χ4n) is 2.60. The zero-order chi connectivity index (χ0) is 14.9. The highest BCUT2D eigenvalue weighted by molar-refractivity contribution is 7.15. The molecule has 1 aromatic carbocycles. The molecule has 0 saturated carbocycles. The lowest BCUT2D eigenvalue weighted by molar-refractivity contribution is -0.124. The molecule has 1 fully saturated rings. The molecule has 5 nitrogen and oxygen atoms in total. The molecule has 3 heterocycles. The van der Waals surface area contributed by atoms with Crippen molar-refractivity contribution in [3.8, 4) is 11.3 Å². The minimum atomic E-state index is -0.306. The van der Waals surface area contributed by atoms with Crippen LogP contribution in [-0.4, -0.2) is 28.0 Å². The molecule has 1 unspecified atom stereocenters. The van der Waals surface area contributed by atoms with Gasteiger partial charge in [0.15, 0.2) is 4.96 Å². The number of hydrogen-bond acceptors (Lipinski definition) is 4.